The Labute approximate surface area is 144 Å². The predicted molar refractivity (Wildman–Crippen MR) is 102 cm³/mol. The van der Waals surface area contributed by atoms with E-state index in [4.69, 9.17) is 0 Å². The molecule has 1 nitrogen and oxygen atoms in total. The molecule has 1 aromatic carbocycles. The minimum absolute atomic E-state index is 0.327. The van der Waals surface area contributed by atoms with Crippen molar-refractivity contribution in [2.24, 2.45) is 5.41 Å². The van der Waals surface area contributed by atoms with Gasteiger partial charge in [0.15, 0.2) is 0 Å². The largest absolute Gasteiger partial charge is 0.264 e. The van der Waals surface area contributed by atoms with E-state index in [0.717, 1.165) is 19.3 Å². The first kappa shape index (κ1) is 15.1. The summed E-state index contributed by atoms with van der Waals surface area (Å²) in [6.07, 6.45) is 11.6. The zero-order valence-electron chi connectivity index (χ0n) is 14.5. The summed E-state index contributed by atoms with van der Waals surface area (Å²) in [7, 11) is 0. The molecule has 0 saturated heterocycles. The summed E-state index contributed by atoms with van der Waals surface area (Å²) in [4.78, 5) is 4.23. The van der Waals surface area contributed by atoms with E-state index >= 15 is 0 Å². The highest BCUT2D eigenvalue weighted by Crippen LogP contribution is 2.42. The molecular formula is C23H23N. The van der Waals surface area contributed by atoms with Crippen LogP contribution in [0.4, 0.5) is 0 Å². The van der Waals surface area contributed by atoms with E-state index in [9.17, 15) is 0 Å². The minimum Gasteiger partial charge on any atom is -0.264 e. The fourth-order valence-electron chi connectivity index (χ4n) is 3.97. The Morgan fingerprint density at radius 1 is 1.08 bits per heavy atom. The molecule has 2 aliphatic carbocycles. The highest BCUT2D eigenvalue weighted by Gasteiger charge is 2.27. The van der Waals surface area contributed by atoms with Crippen molar-refractivity contribution in [3.8, 4) is 0 Å². The molecule has 0 spiro atoms. The van der Waals surface area contributed by atoms with Gasteiger partial charge in [0.25, 0.3) is 0 Å². The lowest BCUT2D eigenvalue weighted by molar-refractivity contribution is 0.365. The van der Waals surface area contributed by atoms with Crippen LogP contribution in [0.1, 0.15) is 48.9 Å². The first-order valence-electron chi connectivity index (χ1n) is 8.64. The van der Waals surface area contributed by atoms with Crippen molar-refractivity contribution in [3.63, 3.8) is 0 Å². The molecule has 0 amide bonds. The van der Waals surface area contributed by atoms with Gasteiger partial charge in [-0.05, 0) is 75.8 Å². The third-order valence-corrected chi connectivity index (χ3v) is 5.09. The number of fused-ring (bicyclic) bond motifs is 1. The lowest BCUT2D eigenvalue weighted by Crippen LogP contribution is -2.21. The number of rotatable bonds is 2. The molecule has 1 aromatic heterocycles. The Morgan fingerprint density at radius 3 is 2.75 bits per heavy atom. The average molecular weight is 313 g/mol. The van der Waals surface area contributed by atoms with E-state index in [-0.39, 0.29) is 0 Å². The summed E-state index contributed by atoms with van der Waals surface area (Å²) >= 11 is 0. The second-order valence-electron chi connectivity index (χ2n) is 7.77. The predicted octanol–water partition coefficient (Wildman–Crippen LogP) is 5.94. The van der Waals surface area contributed by atoms with Crippen LogP contribution < -0.4 is 0 Å². The van der Waals surface area contributed by atoms with Crippen LogP contribution >= 0.6 is 0 Å². The summed E-state index contributed by atoms with van der Waals surface area (Å²) < 4.78 is 0. The Kier molecular flexibility index (Phi) is 3.53. The Hall–Kier alpha value is -2.41. The molecule has 0 radical (unpaired) electrons. The van der Waals surface area contributed by atoms with Crippen molar-refractivity contribution in [3.05, 3.63) is 83.7 Å². The first-order valence-corrected chi connectivity index (χ1v) is 8.64. The van der Waals surface area contributed by atoms with Gasteiger partial charge in [0.05, 0.1) is 0 Å². The lowest BCUT2D eigenvalue weighted by atomic mass is 9.72. The number of benzene rings is 1. The quantitative estimate of drug-likeness (QED) is 0.669. The zero-order chi connectivity index (χ0) is 16.7. The Balaban J connectivity index is 1.66. The second kappa shape index (κ2) is 5.59. The fraction of sp³-hybridized carbons (Fsp3) is 0.261. The molecule has 0 unspecified atom stereocenters. The second-order valence-corrected chi connectivity index (χ2v) is 7.77. The van der Waals surface area contributed by atoms with Crippen molar-refractivity contribution in [2.75, 3.05) is 0 Å². The van der Waals surface area contributed by atoms with Crippen LogP contribution in [0.2, 0.25) is 0 Å². The Bertz CT molecular complexity index is 866. The van der Waals surface area contributed by atoms with Crippen LogP contribution in [0.5, 0.6) is 0 Å². The van der Waals surface area contributed by atoms with Crippen LogP contribution in [-0.2, 0) is 6.42 Å². The molecule has 0 bridgehead atoms. The minimum atomic E-state index is 0.327. The average Bonchev–Trinajstić information content (AvgIpc) is 3.04. The molecule has 24 heavy (non-hydrogen) atoms. The highest BCUT2D eigenvalue weighted by atomic mass is 14.6. The molecule has 0 atom stereocenters. The van der Waals surface area contributed by atoms with Crippen molar-refractivity contribution in [2.45, 2.75) is 33.1 Å². The van der Waals surface area contributed by atoms with Gasteiger partial charge in [0, 0.05) is 12.4 Å². The number of hydrogen-bond donors (Lipinski definition) is 0. The van der Waals surface area contributed by atoms with Gasteiger partial charge in [-0.2, -0.15) is 0 Å². The maximum Gasteiger partial charge on any atom is 0.0346 e. The fourth-order valence-corrected chi connectivity index (χ4v) is 3.97. The van der Waals surface area contributed by atoms with Crippen LogP contribution in [0, 0.1) is 5.41 Å². The molecular weight excluding hydrogens is 290 g/mol. The van der Waals surface area contributed by atoms with Gasteiger partial charge in [-0.15, -0.1) is 0 Å². The van der Waals surface area contributed by atoms with E-state index in [1.807, 2.05) is 18.5 Å². The van der Waals surface area contributed by atoms with E-state index < -0.39 is 0 Å². The standard InChI is InChI=1S/C23H23N/c1-16-13-23(2,3)14-20-9-8-19(12-22(16)20)17-6-7-18(11-17)21-5-4-10-24-15-21/h4-5,7-12,15H,1,6,13-14H2,2-3H3. The van der Waals surface area contributed by atoms with Gasteiger partial charge < -0.3 is 0 Å². The number of nitrogens with zero attached hydrogens (tertiary/aromatic N) is 1. The number of allylic oxidation sites excluding steroid dienone is 5. The van der Waals surface area contributed by atoms with Crippen molar-refractivity contribution >= 4 is 16.7 Å². The number of hydrogen-bond acceptors (Lipinski definition) is 1. The molecule has 120 valence electrons. The third kappa shape index (κ3) is 2.75. The lowest BCUT2D eigenvalue weighted by Gasteiger charge is -2.33. The van der Waals surface area contributed by atoms with Crippen LogP contribution in [-0.4, -0.2) is 4.98 Å². The molecule has 0 N–H and O–H groups in total. The summed E-state index contributed by atoms with van der Waals surface area (Å²) in [5, 5.41) is 0. The molecule has 4 rings (SSSR count). The van der Waals surface area contributed by atoms with Crippen LogP contribution in [0.3, 0.4) is 0 Å². The molecule has 1 heterocycles. The maximum atomic E-state index is 4.34. The van der Waals surface area contributed by atoms with Gasteiger partial charge in [-0.1, -0.05) is 50.8 Å². The smallest absolute Gasteiger partial charge is 0.0346 e. The van der Waals surface area contributed by atoms with E-state index in [1.165, 1.54) is 39.0 Å². The summed E-state index contributed by atoms with van der Waals surface area (Å²) in [6.45, 7) is 9.00. The summed E-state index contributed by atoms with van der Waals surface area (Å²) in [6, 6.07) is 11.0. The summed E-state index contributed by atoms with van der Waals surface area (Å²) in [5.41, 5.74) is 9.59. The van der Waals surface area contributed by atoms with Gasteiger partial charge in [-0.25, -0.2) is 0 Å². The van der Waals surface area contributed by atoms with E-state index in [1.54, 1.807) is 0 Å². The maximum absolute atomic E-state index is 4.34. The normalized spacial score (nSPS) is 18.8. The van der Waals surface area contributed by atoms with Crippen LogP contribution in [0.25, 0.3) is 16.7 Å². The third-order valence-electron chi connectivity index (χ3n) is 5.09. The molecule has 1 heteroatoms. The van der Waals surface area contributed by atoms with Gasteiger partial charge in [0.1, 0.15) is 0 Å². The zero-order valence-corrected chi connectivity index (χ0v) is 14.5. The van der Waals surface area contributed by atoms with Gasteiger partial charge >= 0.3 is 0 Å². The van der Waals surface area contributed by atoms with Gasteiger partial charge in [-0.3, -0.25) is 4.98 Å². The van der Waals surface area contributed by atoms with E-state index in [2.05, 4.69) is 61.8 Å². The molecule has 0 aliphatic heterocycles. The SMILES string of the molecule is C=C1CC(C)(C)Cc2ccc(C3=CC(c4cccnc4)=CC3)cc21. The van der Waals surface area contributed by atoms with Crippen molar-refractivity contribution < 1.29 is 0 Å². The van der Waals surface area contributed by atoms with Crippen molar-refractivity contribution in [1.29, 1.82) is 0 Å². The topological polar surface area (TPSA) is 12.9 Å². The number of pyridine rings is 1. The summed E-state index contributed by atoms with van der Waals surface area (Å²) in [5.74, 6) is 0. The first-order chi connectivity index (χ1) is 11.5. The van der Waals surface area contributed by atoms with E-state index in [0.29, 0.717) is 5.41 Å². The molecule has 0 fully saturated rings. The van der Waals surface area contributed by atoms with Crippen LogP contribution in [0.15, 0.2) is 61.5 Å². The highest BCUT2D eigenvalue weighted by molar-refractivity contribution is 5.90. The van der Waals surface area contributed by atoms with Crippen molar-refractivity contribution in [1.82, 2.24) is 4.98 Å². The Morgan fingerprint density at radius 2 is 1.96 bits per heavy atom. The molecule has 2 aromatic rings. The van der Waals surface area contributed by atoms with Gasteiger partial charge in [0.2, 0.25) is 0 Å². The monoisotopic (exact) mass is 313 g/mol. The molecule has 0 saturated carbocycles. The number of aromatic nitrogens is 1. The molecule has 2 aliphatic rings.